The van der Waals surface area contributed by atoms with Crippen molar-refractivity contribution in [1.82, 2.24) is 19.9 Å². The van der Waals surface area contributed by atoms with E-state index in [1.807, 2.05) is 19.9 Å². The minimum Gasteiger partial charge on any atom is -0.396 e. The normalized spacial score (nSPS) is 12.6. The zero-order valence-corrected chi connectivity index (χ0v) is 12.8. The van der Waals surface area contributed by atoms with Crippen LogP contribution in [0.2, 0.25) is 0 Å². The summed E-state index contributed by atoms with van der Waals surface area (Å²) in [5, 5.41) is 16.1. The van der Waals surface area contributed by atoms with E-state index >= 15 is 0 Å². The summed E-state index contributed by atoms with van der Waals surface area (Å²) in [5.41, 5.74) is 2.88. The number of amides is 1. The van der Waals surface area contributed by atoms with Gasteiger partial charge < -0.3 is 10.4 Å². The molecule has 0 fully saturated rings. The van der Waals surface area contributed by atoms with Crippen LogP contribution in [-0.2, 0) is 0 Å². The molecular weight excluding hydrogens is 268 g/mol. The van der Waals surface area contributed by atoms with E-state index in [4.69, 9.17) is 5.11 Å². The maximum atomic E-state index is 12.3. The second-order valence-electron chi connectivity index (χ2n) is 5.33. The number of carbonyl (C=O) groups is 1. The maximum Gasteiger partial charge on any atom is 0.256 e. The van der Waals surface area contributed by atoms with Crippen LogP contribution >= 0.6 is 0 Å². The Hall–Kier alpha value is -1.95. The minimum absolute atomic E-state index is 0.144. The molecule has 0 saturated carbocycles. The molecule has 2 rings (SSSR count). The van der Waals surface area contributed by atoms with Crippen molar-refractivity contribution >= 4 is 11.6 Å². The van der Waals surface area contributed by atoms with Gasteiger partial charge in [0, 0.05) is 24.5 Å². The van der Waals surface area contributed by atoms with Gasteiger partial charge >= 0.3 is 0 Å². The minimum atomic E-state index is -0.168. The summed E-state index contributed by atoms with van der Waals surface area (Å²) in [4.78, 5) is 16.7. The van der Waals surface area contributed by atoms with E-state index in [2.05, 4.69) is 22.3 Å². The lowest BCUT2D eigenvalue weighted by molar-refractivity contribution is 0.0945. The van der Waals surface area contributed by atoms with Crippen LogP contribution in [0.25, 0.3) is 5.65 Å². The van der Waals surface area contributed by atoms with Gasteiger partial charge in [0.25, 0.3) is 5.91 Å². The molecule has 2 aromatic heterocycles. The standard InChI is InChI=1S/C15H22N4O2/c1-4-12(5-6-20)8-16-15(21)13-9-17-19-11(3)7-10(2)18-14(13)19/h7,9,12,20H,4-6,8H2,1-3H3,(H,16,21). The van der Waals surface area contributed by atoms with Crippen molar-refractivity contribution in [3.8, 4) is 0 Å². The van der Waals surface area contributed by atoms with Crippen LogP contribution in [0.4, 0.5) is 0 Å². The van der Waals surface area contributed by atoms with Crippen LogP contribution in [0.15, 0.2) is 12.3 Å². The van der Waals surface area contributed by atoms with Gasteiger partial charge in [-0.25, -0.2) is 9.50 Å². The monoisotopic (exact) mass is 290 g/mol. The predicted octanol–water partition coefficient (Wildman–Crippen LogP) is 1.48. The maximum absolute atomic E-state index is 12.3. The molecule has 1 atom stereocenters. The largest absolute Gasteiger partial charge is 0.396 e. The Bertz CT molecular complexity index is 636. The van der Waals surface area contributed by atoms with Gasteiger partial charge in [-0.15, -0.1) is 0 Å². The summed E-state index contributed by atoms with van der Waals surface area (Å²) >= 11 is 0. The highest BCUT2D eigenvalue weighted by molar-refractivity contribution is 5.99. The smallest absolute Gasteiger partial charge is 0.256 e. The van der Waals surface area contributed by atoms with E-state index in [1.165, 1.54) is 0 Å². The third kappa shape index (κ3) is 3.39. The van der Waals surface area contributed by atoms with Gasteiger partial charge in [-0.1, -0.05) is 13.3 Å². The fraction of sp³-hybridized carbons (Fsp3) is 0.533. The van der Waals surface area contributed by atoms with Crippen molar-refractivity contribution in [2.24, 2.45) is 5.92 Å². The summed E-state index contributed by atoms with van der Waals surface area (Å²) in [6, 6.07) is 1.93. The SMILES string of the molecule is CCC(CCO)CNC(=O)c1cnn2c(C)cc(C)nc12. The van der Waals surface area contributed by atoms with E-state index < -0.39 is 0 Å². The van der Waals surface area contributed by atoms with Gasteiger partial charge in [-0.05, 0) is 32.3 Å². The van der Waals surface area contributed by atoms with E-state index in [-0.39, 0.29) is 18.4 Å². The van der Waals surface area contributed by atoms with Gasteiger partial charge in [-0.3, -0.25) is 4.79 Å². The topological polar surface area (TPSA) is 79.5 Å². The van der Waals surface area contributed by atoms with Crippen LogP contribution in [0.5, 0.6) is 0 Å². The van der Waals surface area contributed by atoms with Crippen LogP contribution in [0.1, 0.15) is 41.5 Å². The third-order valence-electron chi connectivity index (χ3n) is 3.69. The molecule has 0 aliphatic rings. The van der Waals surface area contributed by atoms with Gasteiger partial charge in [0.2, 0.25) is 0 Å². The average molecular weight is 290 g/mol. The number of aliphatic hydroxyl groups is 1. The molecule has 0 aliphatic heterocycles. The summed E-state index contributed by atoms with van der Waals surface area (Å²) in [6.45, 7) is 6.58. The van der Waals surface area contributed by atoms with Crippen molar-refractivity contribution in [2.45, 2.75) is 33.6 Å². The number of hydrogen-bond donors (Lipinski definition) is 2. The predicted molar refractivity (Wildman–Crippen MR) is 80.3 cm³/mol. The molecule has 114 valence electrons. The van der Waals surface area contributed by atoms with Crippen molar-refractivity contribution in [3.63, 3.8) is 0 Å². The number of aliphatic hydroxyl groups excluding tert-OH is 1. The lowest BCUT2D eigenvalue weighted by Crippen LogP contribution is -2.29. The first-order valence-electron chi connectivity index (χ1n) is 7.27. The molecule has 0 spiro atoms. The Morgan fingerprint density at radius 2 is 2.24 bits per heavy atom. The van der Waals surface area contributed by atoms with Crippen molar-refractivity contribution in [1.29, 1.82) is 0 Å². The van der Waals surface area contributed by atoms with Crippen molar-refractivity contribution < 1.29 is 9.90 Å². The molecule has 0 radical (unpaired) electrons. The first-order chi connectivity index (χ1) is 10.1. The average Bonchev–Trinajstić information content (AvgIpc) is 2.87. The quantitative estimate of drug-likeness (QED) is 0.844. The molecule has 1 amide bonds. The number of carbonyl (C=O) groups excluding carboxylic acids is 1. The third-order valence-corrected chi connectivity index (χ3v) is 3.69. The van der Waals surface area contributed by atoms with Crippen LogP contribution < -0.4 is 5.32 Å². The Morgan fingerprint density at radius 3 is 2.90 bits per heavy atom. The lowest BCUT2D eigenvalue weighted by atomic mass is 10.0. The number of fused-ring (bicyclic) bond motifs is 1. The number of nitrogens with one attached hydrogen (secondary N) is 1. The Kier molecular flexibility index (Phi) is 4.90. The van der Waals surface area contributed by atoms with Crippen molar-refractivity contribution in [2.75, 3.05) is 13.2 Å². The second kappa shape index (κ2) is 6.67. The Balaban J connectivity index is 2.16. The lowest BCUT2D eigenvalue weighted by Gasteiger charge is -2.13. The summed E-state index contributed by atoms with van der Waals surface area (Å²) < 4.78 is 1.67. The number of aromatic nitrogens is 3. The fourth-order valence-electron chi connectivity index (χ4n) is 2.40. The molecule has 6 heteroatoms. The van der Waals surface area contributed by atoms with Crippen LogP contribution in [-0.4, -0.2) is 38.8 Å². The Labute approximate surface area is 124 Å². The van der Waals surface area contributed by atoms with E-state index in [0.717, 1.165) is 17.8 Å². The molecule has 6 nitrogen and oxygen atoms in total. The highest BCUT2D eigenvalue weighted by Crippen LogP contribution is 2.12. The molecule has 0 aliphatic carbocycles. The molecule has 1 unspecified atom stereocenters. The first-order valence-corrected chi connectivity index (χ1v) is 7.27. The van der Waals surface area contributed by atoms with Gasteiger partial charge in [-0.2, -0.15) is 5.10 Å². The number of nitrogens with zero attached hydrogens (tertiary/aromatic N) is 3. The molecule has 21 heavy (non-hydrogen) atoms. The molecule has 2 N–H and O–H groups in total. The number of rotatable bonds is 6. The summed E-state index contributed by atoms with van der Waals surface area (Å²) in [6.07, 6.45) is 3.17. The summed E-state index contributed by atoms with van der Waals surface area (Å²) in [5.74, 6) is 0.121. The van der Waals surface area contributed by atoms with E-state index in [9.17, 15) is 4.79 Å². The van der Waals surface area contributed by atoms with Crippen LogP contribution in [0.3, 0.4) is 0 Å². The molecule has 2 heterocycles. The fourth-order valence-corrected chi connectivity index (χ4v) is 2.40. The molecular formula is C15H22N4O2. The molecule has 2 aromatic rings. The molecule has 0 bridgehead atoms. The van der Waals surface area contributed by atoms with E-state index in [0.29, 0.717) is 24.2 Å². The molecule has 0 aromatic carbocycles. The zero-order valence-electron chi connectivity index (χ0n) is 12.8. The summed E-state index contributed by atoms with van der Waals surface area (Å²) in [7, 11) is 0. The Morgan fingerprint density at radius 1 is 1.48 bits per heavy atom. The van der Waals surface area contributed by atoms with Gasteiger partial charge in [0.05, 0.1) is 6.20 Å². The van der Waals surface area contributed by atoms with Crippen LogP contribution in [0, 0.1) is 19.8 Å². The van der Waals surface area contributed by atoms with Gasteiger partial charge in [0.1, 0.15) is 5.56 Å². The number of aryl methyl sites for hydroxylation is 2. The second-order valence-corrected chi connectivity index (χ2v) is 5.33. The van der Waals surface area contributed by atoms with E-state index in [1.54, 1.807) is 10.7 Å². The zero-order chi connectivity index (χ0) is 15.4. The highest BCUT2D eigenvalue weighted by Gasteiger charge is 2.16. The number of hydrogen-bond acceptors (Lipinski definition) is 4. The van der Waals surface area contributed by atoms with Crippen molar-refractivity contribution in [3.05, 3.63) is 29.2 Å². The first kappa shape index (κ1) is 15.4. The van der Waals surface area contributed by atoms with Gasteiger partial charge in [0.15, 0.2) is 5.65 Å². The highest BCUT2D eigenvalue weighted by atomic mass is 16.3. The molecule has 0 saturated heterocycles.